The summed E-state index contributed by atoms with van der Waals surface area (Å²) in [7, 11) is 1.63. The Bertz CT molecular complexity index is 634. The van der Waals surface area contributed by atoms with E-state index in [0.29, 0.717) is 17.9 Å². The molecule has 1 amide bonds. The molecule has 0 aliphatic rings. The summed E-state index contributed by atoms with van der Waals surface area (Å²) in [5, 5.41) is 2.83. The molecule has 2 aromatic carbocycles. The van der Waals surface area contributed by atoms with Gasteiger partial charge < -0.3 is 10.1 Å². The molecule has 0 fully saturated rings. The molecule has 5 heteroatoms. The van der Waals surface area contributed by atoms with E-state index >= 15 is 0 Å². The van der Waals surface area contributed by atoms with Gasteiger partial charge in [0, 0.05) is 11.4 Å². The molecule has 2 aromatic rings. The molecule has 0 atom stereocenters. The van der Waals surface area contributed by atoms with Crippen molar-refractivity contribution >= 4 is 17.7 Å². The quantitative estimate of drug-likeness (QED) is 0.796. The molecule has 0 aliphatic carbocycles. The molecule has 2 rings (SSSR count). The van der Waals surface area contributed by atoms with Crippen molar-refractivity contribution in [2.45, 2.75) is 11.3 Å². The normalized spacial score (nSPS) is 10.3. The summed E-state index contributed by atoms with van der Waals surface area (Å²) in [6.07, 6.45) is 0.695. The molecule has 0 heterocycles. The Morgan fingerprint density at radius 2 is 1.91 bits per heavy atom. The van der Waals surface area contributed by atoms with Crippen molar-refractivity contribution in [1.82, 2.24) is 5.32 Å². The van der Waals surface area contributed by atoms with Crippen molar-refractivity contribution in [2.24, 2.45) is 0 Å². The van der Waals surface area contributed by atoms with Gasteiger partial charge in [0.1, 0.15) is 11.6 Å². The van der Waals surface area contributed by atoms with Crippen molar-refractivity contribution in [2.75, 3.05) is 19.4 Å². The summed E-state index contributed by atoms with van der Waals surface area (Å²) in [5.74, 6) is 0.613. The van der Waals surface area contributed by atoms with Crippen LogP contribution in [0.3, 0.4) is 0 Å². The number of methoxy groups -OCH3 is 1. The van der Waals surface area contributed by atoms with Crippen LogP contribution in [0, 0.1) is 5.82 Å². The summed E-state index contributed by atoms with van der Waals surface area (Å²) in [4.78, 5) is 12.3. The van der Waals surface area contributed by atoms with Crippen molar-refractivity contribution in [3.05, 3.63) is 59.9 Å². The molecule has 3 nitrogen and oxygen atoms in total. The molecule has 0 saturated heterocycles. The average Bonchev–Trinajstić information content (AvgIpc) is 2.54. The lowest BCUT2D eigenvalue weighted by atomic mass is 10.1. The maximum absolute atomic E-state index is 13.4. The van der Waals surface area contributed by atoms with E-state index in [-0.39, 0.29) is 17.5 Å². The molecular formula is C17H18FNO2S. The number of para-hydroxylation sites is 1. The van der Waals surface area contributed by atoms with Gasteiger partial charge in [0.25, 0.3) is 0 Å². The van der Waals surface area contributed by atoms with Gasteiger partial charge in [-0.25, -0.2) is 4.39 Å². The van der Waals surface area contributed by atoms with Crippen molar-refractivity contribution in [3.8, 4) is 5.75 Å². The Balaban J connectivity index is 1.75. The first kappa shape index (κ1) is 16.4. The third kappa shape index (κ3) is 4.77. The molecule has 0 bridgehead atoms. The minimum atomic E-state index is -0.297. The number of carbonyl (C=O) groups is 1. The highest BCUT2D eigenvalue weighted by Gasteiger charge is 2.07. The van der Waals surface area contributed by atoms with Crippen LogP contribution >= 0.6 is 11.8 Å². The van der Waals surface area contributed by atoms with Crippen molar-refractivity contribution in [1.29, 1.82) is 0 Å². The number of nitrogens with one attached hydrogen (secondary N) is 1. The Morgan fingerprint density at radius 1 is 1.18 bits per heavy atom. The van der Waals surface area contributed by atoms with Gasteiger partial charge in [0.2, 0.25) is 5.91 Å². The first-order chi connectivity index (χ1) is 10.7. The number of carbonyl (C=O) groups excluding carboxylic acids is 1. The summed E-state index contributed by atoms with van der Waals surface area (Å²) in [6.45, 7) is 0.525. The lowest BCUT2D eigenvalue weighted by molar-refractivity contribution is -0.118. The van der Waals surface area contributed by atoms with E-state index in [1.54, 1.807) is 25.3 Å². The Kier molecular flexibility index (Phi) is 6.27. The molecular weight excluding hydrogens is 301 g/mol. The van der Waals surface area contributed by atoms with Gasteiger partial charge in [0.05, 0.1) is 12.9 Å². The Labute approximate surface area is 133 Å². The maximum Gasteiger partial charge on any atom is 0.230 e. The minimum Gasteiger partial charge on any atom is -0.496 e. The fraction of sp³-hybridized carbons (Fsp3) is 0.235. The van der Waals surface area contributed by atoms with E-state index in [0.717, 1.165) is 11.3 Å². The molecule has 0 saturated carbocycles. The second-order valence-electron chi connectivity index (χ2n) is 4.63. The highest BCUT2D eigenvalue weighted by atomic mass is 32.2. The number of hydrogen-bond donors (Lipinski definition) is 1. The fourth-order valence-corrected chi connectivity index (χ4v) is 2.77. The lowest BCUT2D eigenvalue weighted by Crippen LogP contribution is -2.27. The summed E-state index contributed by atoms with van der Waals surface area (Å²) < 4.78 is 18.7. The van der Waals surface area contributed by atoms with E-state index in [1.807, 2.05) is 24.3 Å². The number of amides is 1. The zero-order chi connectivity index (χ0) is 15.8. The first-order valence-corrected chi connectivity index (χ1v) is 7.95. The number of thioether (sulfide) groups is 1. The zero-order valence-corrected chi connectivity index (χ0v) is 13.2. The van der Waals surface area contributed by atoms with Gasteiger partial charge in [-0.2, -0.15) is 0 Å². The Morgan fingerprint density at radius 3 is 2.68 bits per heavy atom. The molecule has 116 valence electrons. The first-order valence-electron chi connectivity index (χ1n) is 6.96. The van der Waals surface area contributed by atoms with Crippen molar-refractivity contribution < 1.29 is 13.9 Å². The zero-order valence-electron chi connectivity index (χ0n) is 12.3. The van der Waals surface area contributed by atoms with E-state index in [2.05, 4.69) is 5.32 Å². The van der Waals surface area contributed by atoms with Crippen LogP contribution in [0.5, 0.6) is 5.75 Å². The summed E-state index contributed by atoms with van der Waals surface area (Å²) >= 11 is 1.20. The van der Waals surface area contributed by atoms with Crippen molar-refractivity contribution in [3.63, 3.8) is 0 Å². The number of ether oxygens (including phenoxy) is 1. The third-order valence-corrected chi connectivity index (χ3v) is 4.15. The molecule has 0 spiro atoms. The number of benzene rings is 2. The fourth-order valence-electron chi connectivity index (χ4n) is 2.00. The van der Waals surface area contributed by atoms with Crippen LogP contribution in [-0.4, -0.2) is 25.3 Å². The van der Waals surface area contributed by atoms with Crippen LogP contribution in [0.2, 0.25) is 0 Å². The van der Waals surface area contributed by atoms with Crippen LogP contribution in [0.25, 0.3) is 0 Å². The molecule has 0 aromatic heterocycles. The van der Waals surface area contributed by atoms with E-state index < -0.39 is 0 Å². The molecule has 0 radical (unpaired) electrons. The number of rotatable bonds is 7. The predicted molar refractivity (Wildman–Crippen MR) is 86.8 cm³/mol. The number of halogens is 1. The van der Waals surface area contributed by atoms with Gasteiger partial charge in [-0.05, 0) is 30.2 Å². The standard InChI is InChI=1S/C17H18FNO2S/c1-21-15-8-4-2-6-13(15)10-11-19-17(20)12-22-16-9-5-3-7-14(16)18/h2-9H,10-12H2,1H3,(H,19,20). The van der Waals surface area contributed by atoms with Crippen LogP contribution in [-0.2, 0) is 11.2 Å². The van der Waals surface area contributed by atoms with Crippen LogP contribution in [0.15, 0.2) is 53.4 Å². The number of hydrogen-bond acceptors (Lipinski definition) is 3. The van der Waals surface area contributed by atoms with Crippen LogP contribution < -0.4 is 10.1 Å². The topological polar surface area (TPSA) is 38.3 Å². The van der Waals surface area contributed by atoms with Gasteiger partial charge in [-0.1, -0.05) is 30.3 Å². The molecule has 22 heavy (non-hydrogen) atoms. The monoisotopic (exact) mass is 319 g/mol. The molecule has 0 aliphatic heterocycles. The summed E-state index contributed by atoms with van der Waals surface area (Å²) in [6, 6.07) is 14.2. The lowest BCUT2D eigenvalue weighted by Gasteiger charge is -2.09. The molecule has 0 unspecified atom stereocenters. The second-order valence-corrected chi connectivity index (χ2v) is 5.65. The summed E-state index contributed by atoms with van der Waals surface area (Å²) in [5.41, 5.74) is 1.05. The highest BCUT2D eigenvalue weighted by molar-refractivity contribution is 8.00. The van der Waals surface area contributed by atoms with Crippen LogP contribution in [0.4, 0.5) is 4.39 Å². The SMILES string of the molecule is COc1ccccc1CCNC(=O)CSc1ccccc1F. The van der Waals surface area contributed by atoms with E-state index in [4.69, 9.17) is 4.74 Å². The van der Waals surface area contributed by atoms with Gasteiger partial charge >= 0.3 is 0 Å². The predicted octanol–water partition coefficient (Wildman–Crippen LogP) is 3.29. The maximum atomic E-state index is 13.4. The third-order valence-electron chi connectivity index (χ3n) is 3.10. The van der Waals surface area contributed by atoms with Gasteiger partial charge in [-0.3, -0.25) is 4.79 Å². The average molecular weight is 319 g/mol. The van der Waals surface area contributed by atoms with E-state index in [9.17, 15) is 9.18 Å². The highest BCUT2D eigenvalue weighted by Crippen LogP contribution is 2.21. The van der Waals surface area contributed by atoms with E-state index in [1.165, 1.54) is 17.8 Å². The second kappa shape index (κ2) is 8.44. The van der Waals surface area contributed by atoms with Gasteiger partial charge in [0.15, 0.2) is 0 Å². The smallest absolute Gasteiger partial charge is 0.230 e. The minimum absolute atomic E-state index is 0.108. The molecule has 1 N–H and O–H groups in total. The van der Waals surface area contributed by atoms with Gasteiger partial charge in [-0.15, -0.1) is 11.8 Å². The van der Waals surface area contributed by atoms with Crippen LogP contribution in [0.1, 0.15) is 5.56 Å². The largest absolute Gasteiger partial charge is 0.496 e. The Hall–Kier alpha value is -2.01.